The van der Waals surface area contributed by atoms with Crippen molar-refractivity contribution in [1.29, 1.82) is 0 Å². The van der Waals surface area contributed by atoms with Gasteiger partial charge in [0.2, 0.25) is 0 Å². The van der Waals surface area contributed by atoms with Crippen molar-refractivity contribution in [1.82, 2.24) is 4.98 Å². The highest BCUT2D eigenvalue weighted by Gasteiger charge is 2.08. The number of rotatable bonds is 2. The molecule has 0 saturated heterocycles. The topological polar surface area (TPSA) is 42.4 Å². The Morgan fingerprint density at radius 1 is 1.17 bits per heavy atom. The van der Waals surface area contributed by atoms with Crippen molar-refractivity contribution in [2.24, 2.45) is 0 Å². The van der Waals surface area contributed by atoms with Crippen LogP contribution in [0.1, 0.15) is 0 Å². The van der Waals surface area contributed by atoms with Crippen LogP contribution >= 0.6 is 22.9 Å². The summed E-state index contributed by atoms with van der Waals surface area (Å²) in [5.74, 6) is 0.484. The number of fused-ring (bicyclic) bond motifs is 1. The number of ether oxygens (including phenoxy) is 1. The molecule has 3 nitrogen and oxygen atoms in total. The Hall–Kier alpha value is -1.78. The van der Waals surface area contributed by atoms with Crippen LogP contribution in [0.2, 0.25) is 5.02 Å². The largest absolute Gasteiger partial charge is 0.504 e. The molecule has 0 spiro atoms. The summed E-state index contributed by atoms with van der Waals surface area (Å²) in [5.41, 5.74) is 0.790. The standard InChI is InChI=1S/C13H8ClNO2S/c14-8-5-6-12-9(7-8)15-13(18-12)17-11-4-2-1-3-10(11)16/h1-7,16H. The SMILES string of the molecule is Oc1ccccc1Oc1nc2cc(Cl)ccc2s1. The van der Waals surface area contributed by atoms with Gasteiger partial charge < -0.3 is 9.84 Å². The van der Waals surface area contributed by atoms with Crippen molar-refractivity contribution >= 4 is 33.2 Å². The maximum absolute atomic E-state index is 9.62. The molecule has 0 fully saturated rings. The molecule has 0 bridgehead atoms. The van der Waals surface area contributed by atoms with Gasteiger partial charge in [-0.15, -0.1) is 0 Å². The zero-order chi connectivity index (χ0) is 12.5. The van der Waals surface area contributed by atoms with Crippen LogP contribution in [0.3, 0.4) is 0 Å². The van der Waals surface area contributed by atoms with Gasteiger partial charge >= 0.3 is 0 Å². The van der Waals surface area contributed by atoms with E-state index in [1.54, 1.807) is 30.3 Å². The van der Waals surface area contributed by atoms with Crippen LogP contribution < -0.4 is 4.74 Å². The number of phenolic OH excluding ortho intramolecular Hbond substituents is 1. The summed E-state index contributed by atoms with van der Waals surface area (Å²) in [7, 11) is 0. The normalized spacial score (nSPS) is 10.7. The number of phenols is 1. The first kappa shape index (κ1) is 11.3. The Kier molecular flexibility index (Phi) is 2.81. The number of thiazole rings is 1. The van der Waals surface area contributed by atoms with Crippen molar-refractivity contribution in [2.45, 2.75) is 0 Å². The number of benzene rings is 2. The second-order valence-electron chi connectivity index (χ2n) is 3.66. The Labute approximate surface area is 112 Å². The molecular weight excluding hydrogens is 270 g/mol. The highest BCUT2D eigenvalue weighted by molar-refractivity contribution is 7.20. The van der Waals surface area contributed by atoms with Crippen molar-refractivity contribution < 1.29 is 9.84 Å². The van der Waals surface area contributed by atoms with E-state index < -0.39 is 0 Å². The number of hydrogen-bond acceptors (Lipinski definition) is 4. The lowest BCUT2D eigenvalue weighted by molar-refractivity contribution is 0.410. The lowest BCUT2D eigenvalue weighted by Gasteiger charge is -2.02. The van der Waals surface area contributed by atoms with Gasteiger partial charge in [0.15, 0.2) is 11.5 Å². The maximum atomic E-state index is 9.62. The second-order valence-corrected chi connectivity index (χ2v) is 5.09. The molecule has 0 radical (unpaired) electrons. The first-order chi connectivity index (χ1) is 8.72. The summed E-state index contributed by atoms with van der Waals surface area (Å²) >= 11 is 7.30. The van der Waals surface area contributed by atoms with Crippen LogP contribution in [-0.2, 0) is 0 Å². The van der Waals surface area contributed by atoms with E-state index in [-0.39, 0.29) is 5.75 Å². The molecule has 0 aliphatic carbocycles. The lowest BCUT2D eigenvalue weighted by atomic mass is 10.3. The van der Waals surface area contributed by atoms with E-state index in [4.69, 9.17) is 16.3 Å². The van der Waals surface area contributed by atoms with Crippen LogP contribution in [0.25, 0.3) is 10.2 Å². The van der Waals surface area contributed by atoms with Crippen molar-refractivity contribution in [3.63, 3.8) is 0 Å². The first-order valence-electron chi connectivity index (χ1n) is 5.24. The third kappa shape index (κ3) is 2.12. The minimum absolute atomic E-state index is 0.0924. The van der Waals surface area contributed by atoms with Gasteiger partial charge in [0.05, 0.1) is 10.2 Å². The van der Waals surface area contributed by atoms with Gasteiger partial charge in [0.1, 0.15) is 0 Å². The number of hydrogen-bond donors (Lipinski definition) is 1. The van der Waals surface area contributed by atoms with E-state index in [0.29, 0.717) is 16.0 Å². The van der Waals surface area contributed by atoms with Gasteiger partial charge in [-0.05, 0) is 30.3 Å². The molecule has 0 saturated carbocycles. The summed E-state index contributed by atoms with van der Waals surface area (Å²) in [6.45, 7) is 0. The van der Waals surface area contributed by atoms with Crippen molar-refractivity contribution in [2.75, 3.05) is 0 Å². The third-order valence-electron chi connectivity index (χ3n) is 2.39. The summed E-state index contributed by atoms with van der Waals surface area (Å²) < 4.78 is 6.54. The minimum atomic E-state index is 0.0924. The summed E-state index contributed by atoms with van der Waals surface area (Å²) in [5, 5.41) is 10.7. The molecule has 2 aromatic carbocycles. The molecule has 18 heavy (non-hydrogen) atoms. The number of nitrogens with zero attached hydrogens (tertiary/aromatic N) is 1. The van der Waals surface area contributed by atoms with Gasteiger partial charge in [-0.25, -0.2) is 4.98 Å². The van der Waals surface area contributed by atoms with Gasteiger partial charge in [-0.2, -0.15) is 0 Å². The van der Waals surface area contributed by atoms with Gasteiger partial charge in [-0.3, -0.25) is 0 Å². The Bertz CT molecular complexity index is 711. The highest BCUT2D eigenvalue weighted by Crippen LogP contribution is 2.35. The smallest absolute Gasteiger partial charge is 0.279 e. The quantitative estimate of drug-likeness (QED) is 0.752. The number of halogens is 1. The van der Waals surface area contributed by atoms with E-state index in [1.807, 2.05) is 12.1 Å². The van der Waals surface area contributed by atoms with Crippen LogP contribution in [0.4, 0.5) is 0 Å². The monoisotopic (exact) mass is 277 g/mol. The fraction of sp³-hybridized carbons (Fsp3) is 0. The Morgan fingerprint density at radius 3 is 2.83 bits per heavy atom. The predicted molar refractivity (Wildman–Crippen MR) is 72.8 cm³/mol. The molecule has 3 rings (SSSR count). The highest BCUT2D eigenvalue weighted by atomic mass is 35.5. The minimum Gasteiger partial charge on any atom is -0.504 e. The molecule has 5 heteroatoms. The van der Waals surface area contributed by atoms with E-state index in [9.17, 15) is 5.11 Å². The zero-order valence-electron chi connectivity index (χ0n) is 9.13. The fourth-order valence-electron chi connectivity index (χ4n) is 1.56. The lowest BCUT2D eigenvalue weighted by Crippen LogP contribution is -1.82. The van der Waals surface area contributed by atoms with Crippen LogP contribution in [0.15, 0.2) is 42.5 Å². The van der Waals surface area contributed by atoms with Gasteiger partial charge in [0, 0.05) is 5.02 Å². The first-order valence-corrected chi connectivity index (χ1v) is 6.44. The predicted octanol–water partition coefficient (Wildman–Crippen LogP) is 4.45. The van der Waals surface area contributed by atoms with Crippen LogP contribution in [0, 0.1) is 0 Å². The molecule has 0 atom stereocenters. The second kappa shape index (κ2) is 4.48. The molecule has 3 aromatic rings. The van der Waals surface area contributed by atoms with E-state index in [1.165, 1.54) is 11.3 Å². The van der Waals surface area contributed by atoms with Gasteiger partial charge in [0.25, 0.3) is 5.19 Å². The molecule has 90 valence electrons. The molecule has 0 aliphatic heterocycles. The summed E-state index contributed by atoms with van der Waals surface area (Å²) in [4.78, 5) is 4.31. The average molecular weight is 278 g/mol. The number of aromatic hydroxyl groups is 1. The summed E-state index contributed by atoms with van der Waals surface area (Å²) in [6.07, 6.45) is 0. The molecule has 1 heterocycles. The van der Waals surface area contributed by atoms with Gasteiger partial charge in [-0.1, -0.05) is 35.1 Å². The van der Waals surface area contributed by atoms with Crippen molar-refractivity contribution in [3.8, 4) is 16.7 Å². The number of para-hydroxylation sites is 2. The van der Waals surface area contributed by atoms with Crippen molar-refractivity contribution in [3.05, 3.63) is 47.5 Å². The molecular formula is C13H8ClNO2S. The molecule has 1 N–H and O–H groups in total. The summed E-state index contributed by atoms with van der Waals surface area (Å²) in [6, 6.07) is 12.3. The number of aromatic nitrogens is 1. The molecule has 0 aliphatic rings. The van der Waals surface area contributed by atoms with Crippen LogP contribution in [0.5, 0.6) is 16.7 Å². The van der Waals surface area contributed by atoms with E-state index in [0.717, 1.165) is 10.2 Å². The Morgan fingerprint density at radius 2 is 2.00 bits per heavy atom. The van der Waals surface area contributed by atoms with E-state index >= 15 is 0 Å². The molecule has 0 unspecified atom stereocenters. The molecule has 1 aromatic heterocycles. The third-order valence-corrected chi connectivity index (χ3v) is 3.54. The maximum Gasteiger partial charge on any atom is 0.279 e. The fourth-order valence-corrected chi connectivity index (χ4v) is 2.54. The Balaban J connectivity index is 1.98. The van der Waals surface area contributed by atoms with E-state index in [2.05, 4.69) is 4.98 Å². The van der Waals surface area contributed by atoms with Crippen LogP contribution in [-0.4, -0.2) is 10.1 Å². The average Bonchev–Trinajstić information content (AvgIpc) is 2.73. The molecule has 0 amide bonds. The zero-order valence-corrected chi connectivity index (χ0v) is 10.7.